The molecule has 0 amide bonds. The van der Waals surface area contributed by atoms with Crippen molar-refractivity contribution in [3.05, 3.63) is 26.8 Å². The number of rotatable bonds is 3. The fraction of sp³-hybridized carbons (Fsp3) is 0.462. The summed E-state index contributed by atoms with van der Waals surface area (Å²) in [6.45, 7) is 8.20. The Labute approximate surface area is 111 Å². The van der Waals surface area contributed by atoms with E-state index in [4.69, 9.17) is 0 Å². The van der Waals surface area contributed by atoms with E-state index >= 15 is 0 Å². The highest BCUT2D eigenvalue weighted by atomic mass is 127. The van der Waals surface area contributed by atoms with Gasteiger partial charge in [-0.1, -0.05) is 6.92 Å². The summed E-state index contributed by atoms with van der Waals surface area (Å²) >= 11 is 2.15. The van der Waals surface area contributed by atoms with Gasteiger partial charge in [0, 0.05) is 17.3 Å². The largest absolute Gasteiger partial charge is 0.506 e. The molecule has 0 atom stereocenters. The van der Waals surface area contributed by atoms with Gasteiger partial charge in [-0.15, -0.1) is 0 Å². The van der Waals surface area contributed by atoms with E-state index in [0.29, 0.717) is 5.75 Å². The zero-order valence-electron chi connectivity index (χ0n) is 10.2. The van der Waals surface area contributed by atoms with Crippen LogP contribution in [0, 0.1) is 10.5 Å². The summed E-state index contributed by atoms with van der Waals surface area (Å²) < 4.78 is 0.887. The van der Waals surface area contributed by atoms with Crippen molar-refractivity contribution in [2.45, 2.75) is 40.2 Å². The molecule has 0 aliphatic rings. The quantitative estimate of drug-likeness (QED) is 0.661. The normalized spacial score (nSPS) is 12.2. The third-order valence-corrected chi connectivity index (χ3v) is 3.09. The maximum Gasteiger partial charge on any atom is 0.137 e. The number of phenolic OH excluding ortho intramolecular Hbond substituents is 1. The molecule has 0 spiro atoms. The maximum atomic E-state index is 10.0. The third kappa shape index (κ3) is 3.20. The molecular weight excluding hydrogens is 313 g/mol. The lowest BCUT2D eigenvalue weighted by Gasteiger charge is -2.11. The Bertz CT molecular complexity index is 411. The molecule has 0 heterocycles. The Hall–Kier alpha value is -0.580. The Morgan fingerprint density at radius 3 is 2.56 bits per heavy atom. The summed E-state index contributed by atoms with van der Waals surface area (Å²) in [5, 5.41) is 10.0. The number of hydrogen-bond donors (Lipinski definition) is 1. The van der Waals surface area contributed by atoms with Crippen LogP contribution >= 0.6 is 22.6 Å². The van der Waals surface area contributed by atoms with Crippen LogP contribution in [0.3, 0.4) is 0 Å². The molecule has 0 unspecified atom stereocenters. The second-order valence-corrected chi connectivity index (χ2v) is 5.33. The van der Waals surface area contributed by atoms with Gasteiger partial charge in [0.1, 0.15) is 5.75 Å². The predicted octanol–water partition coefficient (Wildman–Crippen LogP) is 3.91. The van der Waals surface area contributed by atoms with Crippen LogP contribution in [0.25, 0.3) is 0 Å². The van der Waals surface area contributed by atoms with E-state index in [9.17, 15) is 5.11 Å². The summed E-state index contributed by atoms with van der Waals surface area (Å²) in [5.74, 6) is 0.354. The van der Waals surface area contributed by atoms with E-state index in [0.717, 1.165) is 26.8 Å². The third-order valence-electron chi connectivity index (χ3n) is 2.27. The molecule has 0 fully saturated rings. The zero-order valence-corrected chi connectivity index (χ0v) is 12.4. The Kier molecular flexibility index (Phi) is 4.77. The highest BCUT2D eigenvalue weighted by Gasteiger charge is 2.11. The van der Waals surface area contributed by atoms with Crippen LogP contribution < -0.4 is 0 Å². The van der Waals surface area contributed by atoms with Gasteiger partial charge in [0.25, 0.3) is 0 Å². The van der Waals surface area contributed by atoms with Crippen molar-refractivity contribution in [1.29, 1.82) is 0 Å². The van der Waals surface area contributed by atoms with Crippen LogP contribution in [0.2, 0.25) is 0 Å². The molecule has 0 bridgehead atoms. The first-order valence-electron chi connectivity index (χ1n) is 5.51. The minimum absolute atomic E-state index is 0.257. The van der Waals surface area contributed by atoms with Crippen molar-refractivity contribution in [3.8, 4) is 5.75 Å². The predicted molar refractivity (Wildman–Crippen MR) is 77.5 cm³/mol. The number of aryl methyl sites for hydroxylation is 1. The van der Waals surface area contributed by atoms with Gasteiger partial charge in [0.15, 0.2) is 0 Å². The first-order valence-corrected chi connectivity index (χ1v) is 6.59. The van der Waals surface area contributed by atoms with Crippen molar-refractivity contribution >= 4 is 28.3 Å². The monoisotopic (exact) mass is 331 g/mol. The van der Waals surface area contributed by atoms with Gasteiger partial charge >= 0.3 is 0 Å². The van der Waals surface area contributed by atoms with Gasteiger partial charge in [0.2, 0.25) is 0 Å². The summed E-state index contributed by atoms with van der Waals surface area (Å²) in [6, 6.07) is 4.23. The molecule has 1 aromatic rings. The lowest BCUT2D eigenvalue weighted by atomic mass is 10.0. The van der Waals surface area contributed by atoms with Gasteiger partial charge in [-0.05, 0) is 67.5 Å². The van der Waals surface area contributed by atoms with E-state index in [-0.39, 0.29) is 6.04 Å². The van der Waals surface area contributed by atoms with Crippen LogP contribution in [-0.4, -0.2) is 16.9 Å². The summed E-state index contributed by atoms with van der Waals surface area (Å²) in [4.78, 5) is 4.56. The fourth-order valence-corrected chi connectivity index (χ4v) is 2.40. The molecule has 16 heavy (non-hydrogen) atoms. The molecule has 0 aliphatic carbocycles. The van der Waals surface area contributed by atoms with Crippen LogP contribution in [-0.2, 0) is 0 Å². The number of benzene rings is 1. The van der Waals surface area contributed by atoms with Gasteiger partial charge < -0.3 is 5.11 Å². The van der Waals surface area contributed by atoms with E-state index < -0.39 is 0 Å². The molecule has 1 N–H and O–H groups in total. The number of halogens is 1. The van der Waals surface area contributed by atoms with Crippen LogP contribution in [0.5, 0.6) is 5.75 Å². The highest BCUT2D eigenvalue weighted by Crippen LogP contribution is 2.27. The molecule has 1 aromatic carbocycles. The number of aromatic hydroxyl groups is 1. The molecule has 0 aromatic heterocycles. The van der Waals surface area contributed by atoms with Gasteiger partial charge in [-0.2, -0.15) is 0 Å². The maximum absolute atomic E-state index is 10.0. The molecule has 0 radical (unpaired) electrons. The first kappa shape index (κ1) is 13.5. The number of nitrogens with zero attached hydrogens (tertiary/aromatic N) is 1. The van der Waals surface area contributed by atoms with Gasteiger partial charge in [-0.25, -0.2) is 0 Å². The summed E-state index contributed by atoms with van der Waals surface area (Å²) in [6.07, 6.45) is 0.839. The van der Waals surface area contributed by atoms with Crippen molar-refractivity contribution in [2.75, 3.05) is 0 Å². The van der Waals surface area contributed by atoms with Gasteiger partial charge in [0.05, 0.1) is 3.57 Å². The van der Waals surface area contributed by atoms with Gasteiger partial charge in [-0.3, -0.25) is 4.99 Å². The number of hydrogen-bond acceptors (Lipinski definition) is 2. The topological polar surface area (TPSA) is 32.6 Å². The van der Waals surface area contributed by atoms with E-state index in [2.05, 4.69) is 34.5 Å². The molecule has 88 valence electrons. The molecule has 0 saturated heterocycles. The fourth-order valence-electron chi connectivity index (χ4n) is 1.62. The smallest absolute Gasteiger partial charge is 0.137 e. The average Bonchev–Trinajstić information content (AvgIpc) is 2.20. The summed E-state index contributed by atoms with van der Waals surface area (Å²) in [5.41, 5.74) is 3.01. The number of phenols is 1. The Morgan fingerprint density at radius 2 is 2.06 bits per heavy atom. The van der Waals surface area contributed by atoms with Crippen LogP contribution in [0.1, 0.15) is 38.3 Å². The Morgan fingerprint density at radius 1 is 1.44 bits per heavy atom. The van der Waals surface area contributed by atoms with Crippen molar-refractivity contribution in [2.24, 2.45) is 4.99 Å². The lowest BCUT2D eigenvalue weighted by Crippen LogP contribution is -2.05. The van der Waals surface area contributed by atoms with Crippen LogP contribution in [0.4, 0.5) is 0 Å². The van der Waals surface area contributed by atoms with E-state index in [1.54, 1.807) is 0 Å². The van der Waals surface area contributed by atoms with E-state index in [1.807, 2.05) is 32.9 Å². The second kappa shape index (κ2) is 5.66. The molecule has 1 rings (SSSR count). The molecule has 2 nitrogen and oxygen atoms in total. The minimum Gasteiger partial charge on any atom is -0.506 e. The molecular formula is C13H18INO. The SMILES string of the molecule is CCC(=NC(C)C)c1cc(C)cc(I)c1O. The molecule has 3 heteroatoms. The van der Waals surface area contributed by atoms with Crippen molar-refractivity contribution in [1.82, 2.24) is 0 Å². The average molecular weight is 331 g/mol. The Balaban J connectivity index is 3.30. The molecule has 0 aliphatic heterocycles. The molecule has 0 saturated carbocycles. The standard InChI is InChI=1S/C13H18INO/c1-5-12(15-8(2)3)10-6-9(4)7-11(14)13(10)16/h6-8,16H,5H2,1-4H3. The first-order chi connectivity index (χ1) is 7.45. The lowest BCUT2D eigenvalue weighted by molar-refractivity contribution is 0.470. The van der Waals surface area contributed by atoms with E-state index in [1.165, 1.54) is 0 Å². The summed E-state index contributed by atoms with van der Waals surface area (Å²) in [7, 11) is 0. The second-order valence-electron chi connectivity index (χ2n) is 4.17. The minimum atomic E-state index is 0.257. The van der Waals surface area contributed by atoms with Crippen molar-refractivity contribution < 1.29 is 5.11 Å². The van der Waals surface area contributed by atoms with Crippen molar-refractivity contribution in [3.63, 3.8) is 0 Å². The zero-order chi connectivity index (χ0) is 12.3. The van der Waals surface area contributed by atoms with Crippen LogP contribution in [0.15, 0.2) is 17.1 Å². The highest BCUT2D eigenvalue weighted by molar-refractivity contribution is 14.1. The number of aliphatic imine (C=N–C) groups is 1.